The Kier molecular flexibility index (Phi) is 4.79. The predicted molar refractivity (Wildman–Crippen MR) is 94.6 cm³/mol. The van der Waals surface area contributed by atoms with E-state index >= 15 is 0 Å². The number of pyridine rings is 1. The smallest absolute Gasteiger partial charge is 0.359 e. The summed E-state index contributed by atoms with van der Waals surface area (Å²) in [5.41, 5.74) is 2.67. The lowest BCUT2D eigenvalue weighted by atomic mass is 10.0. The molecule has 2 heterocycles. The number of fused-ring (bicyclic) bond motifs is 1. The average Bonchev–Trinajstić information content (AvgIpc) is 3.04. The number of imidazole rings is 1. The highest BCUT2D eigenvalue weighted by Crippen LogP contribution is 2.17. The van der Waals surface area contributed by atoms with Gasteiger partial charge < -0.3 is 14.5 Å². The number of rotatable bonds is 5. The molecule has 0 atom stereocenters. The molecule has 0 unspecified atom stereocenters. The molecule has 0 radical (unpaired) electrons. The third-order valence-electron chi connectivity index (χ3n) is 3.77. The van der Waals surface area contributed by atoms with Gasteiger partial charge in [0.2, 0.25) is 0 Å². The Morgan fingerprint density at radius 3 is 2.60 bits per heavy atom. The maximum Gasteiger partial charge on any atom is 0.359 e. The van der Waals surface area contributed by atoms with Gasteiger partial charge in [-0.25, -0.2) is 9.78 Å². The van der Waals surface area contributed by atoms with E-state index in [1.165, 1.54) is 5.56 Å². The van der Waals surface area contributed by atoms with E-state index in [0.29, 0.717) is 17.3 Å². The number of nitrogens with zero attached hydrogens (tertiary/aromatic N) is 2. The number of anilines is 1. The number of aromatic nitrogens is 2. The van der Waals surface area contributed by atoms with Crippen LogP contribution < -0.4 is 5.32 Å². The summed E-state index contributed by atoms with van der Waals surface area (Å²) in [5, 5.41) is 2.70. The van der Waals surface area contributed by atoms with E-state index in [4.69, 9.17) is 4.74 Å². The number of benzene rings is 1. The van der Waals surface area contributed by atoms with E-state index in [1.807, 2.05) is 36.4 Å². The van der Waals surface area contributed by atoms with Gasteiger partial charge in [0, 0.05) is 18.1 Å². The molecule has 128 valence electrons. The van der Waals surface area contributed by atoms with Gasteiger partial charge in [-0.2, -0.15) is 0 Å². The molecular weight excluding hydrogens is 318 g/mol. The van der Waals surface area contributed by atoms with Gasteiger partial charge in [0.05, 0.1) is 0 Å². The molecule has 1 N–H and O–H groups in total. The van der Waals surface area contributed by atoms with Gasteiger partial charge in [0.1, 0.15) is 5.65 Å². The highest BCUT2D eigenvalue weighted by molar-refractivity contribution is 5.95. The molecular formula is C19H19N3O3. The van der Waals surface area contributed by atoms with Crippen molar-refractivity contribution >= 4 is 23.2 Å². The van der Waals surface area contributed by atoms with Gasteiger partial charge in [0.25, 0.3) is 5.91 Å². The number of hydrogen-bond acceptors (Lipinski definition) is 4. The quantitative estimate of drug-likeness (QED) is 0.725. The van der Waals surface area contributed by atoms with Crippen LogP contribution >= 0.6 is 0 Å². The van der Waals surface area contributed by atoms with Crippen molar-refractivity contribution in [3.05, 3.63) is 66.1 Å². The number of amides is 1. The summed E-state index contributed by atoms with van der Waals surface area (Å²) in [4.78, 5) is 28.1. The maximum atomic E-state index is 12.0. The first-order chi connectivity index (χ1) is 12.0. The lowest BCUT2D eigenvalue weighted by Gasteiger charge is -2.08. The van der Waals surface area contributed by atoms with E-state index in [1.54, 1.807) is 22.9 Å². The van der Waals surface area contributed by atoms with Gasteiger partial charge in [-0.3, -0.25) is 4.79 Å². The maximum absolute atomic E-state index is 12.0. The number of esters is 1. The summed E-state index contributed by atoms with van der Waals surface area (Å²) in [6.07, 6.45) is 3.35. The summed E-state index contributed by atoms with van der Waals surface area (Å²) < 4.78 is 6.74. The molecule has 3 rings (SSSR count). The monoisotopic (exact) mass is 337 g/mol. The molecule has 0 saturated carbocycles. The standard InChI is InChI=1S/C19H19N3O3/c1-13(2)14-6-8-15(9-7-14)20-18(23)12-25-19(24)16-11-22-10-4-3-5-17(22)21-16/h3-11,13H,12H2,1-2H3,(H,20,23). The number of carbonyl (C=O) groups is 2. The van der Waals surface area contributed by atoms with Gasteiger partial charge in [-0.15, -0.1) is 0 Å². The van der Waals surface area contributed by atoms with Gasteiger partial charge >= 0.3 is 5.97 Å². The number of nitrogens with one attached hydrogen (secondary N) is 1. The molecule has 0 bridgehead atoms. The molecule has 0 fully saturated rings. The molecule has 1 aromatic carbocycles. The van der Waals surface area contributed by atoms with E-state index in [-0.39, 0.29) is 12.3 Å². The van der Waals surface area contributed by atoms with Crippen LogP contribution in [0, 0.1) is 0 Å². The van der Waals surface area contributed by atoms with Crippen LogP contribution in [0.3, 0.4) is 0 Å². The minimum absolute atomic E-state index is 0.167. The second kappa shape index (κ2) is 7.17. The van der Waals surface area contributed by atoms with E-state index in [0.717, 1.165) is 0 Å². The summed E-state index contributed by atoms with van der Waals surface area (Å²) in [6.45, 7) is 3.84. The first-order valence-electron chi connectivity index (χ1n) is 8.03. The van der Waals surface area contributed by atoms with Crippen LogP contribution in [-0.2, 0) is 9.53 Å². The summed E-state index contributed by atoms with van der Waals surface area (Å²) in [7, 11) is 0. The topological polar surface area (TPSA) is 72.7 Å². The Morgan fingerprint density at radius 2 is 1.92 bits per heavy atom. The SMILES string of the molecule is CC(C)c1ccc(NC(=O)COC(=O)c2cn3ccccc3n2)cc1. The van der Waals surface area contributed by atoms with Crippen LogP contribution in [0.5, 0.6) is 0 Å². The highest BCUT2D eigenvalue weighted by Gasteiger charge is 2.14. The molecule has 1 amide bonds. The fourth-order valence-corrected chi connectivity index (χ4v) is 2.39. The van der Waals surface area contributed by atoms with Crippen molar-refractivity contribution in [1.29, 1.82) is 0 Å². The van der Waals surface area contributed by atoms with Crippen LogP contribution in [0.25, 0.3) is 5.65 Å². The van der Waals surface area contributed by atoms with E-state index < -0.39 is 11.9 Å². The largest absolute Gasteiger partial charge is 0.451 e. The Morgan fingerprint density at radius 1 is 1.16 bits per heavy atom. The molecule has 3 aromatic rings. The average molecular weight is 337 g/mol. The normalized spacial score (nSPS) is 10.8. The molecule has 2 aromatic heterocycles. The molecule has 0 spiro atoms. The van der Waals surface area contributed by atoms with Crippen molar-refractivity contribution in [3.8, 4) is 0 Å². The highest BCUT2D eigenvalue weighted by atomic mass is 16.5. The molecule has 0 aliphatic heterocycles. The lowest BCUT2D eigenvalue weighted by Crippen LogP contribution is -2.21. The summed E-state index contributed by atoms with van der Waals surface area (Å²) in [6, 6.07) is 13.0. The Hall–Kier alpha value is -3.15. The third kappa shape index (κ3) is 4.03. The number of hydrogen-bond donors (Lipinski definition) is 1. The number of ether oxygens (including phenoxy) is 1. The van der Waals surface area contributed by atoms with Crippen LogP contribution in [0.1, 0.15) is 35.8 Å². The number of carbonyl (C=O) groups excluding carboxylic acids is 2. The second-order valence-electron chi connectivity index (χ2n) is 5.99. The zero-order valence-corrected chi connectivity index (χ0v) is 14.1. The molecule has 0 saturated heterocycles. The van der Waals surface area contributed by atoms with Crippen molar-refractivity contribution in [2.75, 3.05) is 11.9 Å². The van der Waals surface area contributed by atoms with E-state index in [2.05, 4.69) is 24.1 Å². The van der Waals surface area contributed by atoms with Crippen molar-refractivity contribution in [2.24, 2.45) is 0 Å². The van der Waals surface area contributed by atoms with Crippen molar-refractivity contribution < 1.29 is 14.3 Å². The molecule has 25 heavy (non-hydrogen) atoms. The van der Waals surface area contributed by atoms with Gasteiger partial charge in [-0.1, -0.05) is 32.0 Å². The lowest BCUT2D eigenvalue weighted by molar-refractivity contribution is -0.119. The molecule has 6 nitrogen and oxygen atoms in total. The first-order valence-corrected chi connectivity index (χ1v) is 8.03. The molecule has 0 aliphatic carbocycles. The fourth-order valence-electron chi connectivity index (χ4n) is 2.39. The minimum Gasteiger partial charge on any atom is -0.451 e. The molecule has 0 aliphatic rings. The van der Waals surface area contributed by atoms with E-state index in [9.17, 15) is 9.59 Å². The summed E-state index contributed by atoms with van der Waals surface area (Å²) in [5.74, 6) is -0.598. The van der Waals surface area contributed by atoms with Crippen LogP contribution in [0.15, 0.2) is 54.9 Å². The van der Waals surface area contributed by atoms with Crippen molar-refractivity contribution in [2.45, 2.75) is 19.8 Å². The fraction of sp³-hybridized carbons (Fsp3) is 0.211. The Bertz CT molecular complexity index is 865. The Labute approximate surface area is 145 Å². The second-order valence-corrected chi connectivity index (χ2v) is 5.99. The first kappa shape index (κ1) is 16.7. The third-order valence-corrected chi connectivity index (χ3v) is 3.77. The zero-order valence-electron chi connectivity index (χ0n) is 14.1. The zero-order chi connectivity index (χ0) is 17.8. The van der Waals surface area contributed by atoms with Crippen LogP contribution in [0.4, 0.5) is 5.69 Å². The van der Waals surface area contributed by atoms with Crippen molar-refractivity contribution in [1.82, 2.24) is 9.38 Å². The van der Waals surface area contributed by atoms with Crippen LogP contribution in [0.2, 0.25) is 0 Å². The predicted octanol–water partition coefficient (Wildman–Crippen LogP) is 3.25. The van der Waals surface area contributed by atoms with Crippen molar-refractivity contribution in [3.63, 3.8) is 0 Å². The van der Waals surface area contributed by atoms with Crippen LogP contribution in [-0.4, -0.2) is 27.9 Å². The summed E-state index contributed by atoms with van der Waals surface area (Å²) >= 11 is 0. The molecule has 6 heteroatoms. The van der Waals surface area contributed by atoms with Gasteiger partial charge in [-0.05, 0) is 35.7 Å². The van der Waals surface area contributed by atoms with Gasteiger partial charge in [0.15, 0.2) is 12.3 Å². The minimum atomic E-state index is -0.631. The Balaban J connectivity index is 1.55.